The van der Waals surface area contributed by atoms with Crippen LogP contribution in [0.5, 0.6) is 0 Å². The molecular formula is C17H25N3O. The number of nitrogens with zero attached hydrogens (tertiary/aromatic N) is 2. The van der Waals surface area contributed by atoms with E-state index in [4.69, 9.17) is 4.42 Å². The van der Waals surface area contributed by atoms with Gasteiger partial charge in [-0.1, -0.05) is 19.9 Å². The third-order valence-electron chi connectivity index (χ3n) is 3.51. The molecule has 1 N–H and O–H groups in total. The van der Waals surface area contributed by atoms with Crippen molar-refractivity contribution in [2.75, 3.05) is 13.1 Å². The highest BCUT2D eigenvalue weighted by atomic mass is 16.3. The van der Waals surface area contributed by atoms with Gasteiger partial charge in [0.1, 0.15) is 5.76 Å². The lowest BCUT2D eigenvalue weighted by Gasteiger charge is -2.19. The summed E-state index contributed by atoms with van der Waals surface area (Å²) < 4.78 is 5.66. The van der Waals surface area contributed by atoms with Gasteiger partial charge in [0.15, 0.2) is 0 Å². The minimum absolute atomic E-state index is 0.823. The number of rotatable bonds is 9. The molecule has 0 aliphatic rings. The van der Waals surface area contributed by atoms with Crippen molar-refractivity contribution < 1.29 is 4.42 Å². The first kappa shape index (κ1) is 15.7. The summed E-state index contributed by atoms with van der Waals surface area (Å²) in [7, 11) is 0. The fraction of sp³-hybridized carbons (Fsp3) is 0.471. The summed E-state index contributed by atoms with van der Waals surface area (Å²) in [6.45, 7) is 8.90. The molecule has 4 heteroatoms. The van der Waals surface area contributed by atoms with Gasteiger partial charge in [-0.05, 0) is 37.7 Å². The van der Waals surface area contributed by atoms with E-state index >= 15 is 0 Å². The van der Waals surface area contributed by atoms with Crippen LogP contribution in [0.3, 0.4) is 0 Å². The largest absolute Gasteiger partial charge is 0.468 e. The van der Waals surface area contributed by atoms with Crippen LogP contribution in [0.25, 0.3) is 0 Å². The summed E-state index contributed by atoms with van der Waals surface area (Å²) in [6, 6.07) is 8.11. The van der Waals surface area contributed by atoms with Crippen molar-refractivity contribution in [3.8, 4) is 0 Å². The first-order valence-corrected chi connectivity index (χ1v) is 7.71. The topological polar surface area (TPSA) is 41.3 Å². The molecule has 0 radical (unpaired) electrons. The van der Waals surface area contributed by atoms with Gasteiger partial charge in [0.2, 0.25) is 0 Å². The lowest BCUT2D eigenvalue weighted by molar-refractivity contribution is 0.243. The predicted molar refractivity (Wildman–Crippen MR) is 84.7 cm³/mol. The van der Waals surface area contributed by atoms with E-state index in [1.54, 1.807) is 6.26 Å². The quantitative estimate of drug-likeness (QED) is 0.719. The van der Waals surface area contributed by atoms with Gasteiger partial charge in [-0.15, -0.1) is 0 Å². The van der Waals surface area contributed by atoms with Crippen molar-refractivity contribution in [1.29, 1.82) is 0 Å². The van der Waals surface area contributed by atoms with Gasteiger partial charge in [-0.2, -0.15) is 0 Å². The third-order valence-corrected chi connectivity index (χ3v) is 3.51. The van der Waals surface area contributed by atoms with Gasteiger partial charge in [-0.25, -0.2) is 0 Å². The molecular weight excluding hydrogens is 262 g/mol. The van der Waals surface area contributed by atoms with Gasteiger partial charge in [0.05, 0.1) is 18.5 Å². The molecule has 0 atom stereocenters. The maximum atomic E-state index is 5.66. The summed E-state index contributed by atoms with van der Waals surface area (Å²) in [5, 5.41) is 3.43. The van der Waals surface area contributed by atoms with E-state index in [9.17, 15) is 0 Å². The van der Waals surface area contributed by atoms with Crippen LogP contribution in [0.2, 0.25) is 0 Å². The standard InChI is InChI=1S/C17H25N3O/c1-3-9-18-12-15-8-11-21-17(15)14-20(4-2)13-16-7-5-6-10-19-16/h5-8,10-11,18H,3-4,9,12-14H2,1-2H3. The lowest BCUT2D eigenvalue weighted by Crippen LogP contribution is -2.24. The molecule has 21 heavy (non-hydrogen) atoms. The van der Waals surface area contributed by atoms with Crippen molar-refractivity contribution >= 4 is 0 Å². The normalized spacial score (nSPS) is 11.2. The number of pyridine rings is 1. The van der Waals surface area contributed by atoms with Crippen molar-refractivity contribution in [1.82, 2.24) is 15.2 Å². The minimum atomic E-state index is 0.823. The molecule has 2 aromatic heterocycles. The zero-order valence-corrected chi connectivity index (χ0v) is 13.0. The SMILES string of the molecule is CCCNCc1ccoc1CN(CC)Cc1ccccn1. The molecule has 0 saturated heterocycles. The van der Waals surface area contributed by atoms with Crippen LogP contribution in [0, 0.1) is 0 Å². The van der Waals surface area contributed by atoms with Crippen LogP contribution in [0.4, 0.5) is 0 Å². The summed E-state index contributed by atoms with van der Waals surface area (Å²) in [5.41, 5.74) is 2.35. The van der Waals surface area contributed by atoms with Crippen LogP contribution in [0.15, 0.2) is 41.1 Å². The smallest absolute Gasteiger partial charge is 0.122 e. The fourth-order valence-corrected chi connectivity index (χ4v) is 2.27. The Hall–Kier alpha value is -1.65. The highest BCUT2D eigenvalue weighted by Crippen LogP contribution is 2.14. The zero-order valence-electron chi connectivity index (χ0n) is 13.0. The van der Waals surface area contributed by atoms with Crippen molar-refractivity contribution in [3.05, 3.63) is 53.7 Å². The molecule has 2 rings (SSSR count). The van der Waals surface area contributed by atoms with Gasteiger partial charge in [0.25, 0.3) is 0 Å². The molecule has 0 aliphatic carbocycles. The van der Waals surface area contributed by atoms with Crippen molar-refractivity contribution in [2.24, 2.45) is 0 Å². The minimum Gasteiger partial charge on any atom is -0.468 e. The Balaban J connectivity index is 1.94. The second-order valence-corrected chi connectivity index (χ2v) is 5.17. The number of aromatic nitrogens is 1. The Morgan fingerprint density at radius 3 is 2.81 bits per heavy atom. The Morgan fingerprint density at radius 2 is 2.10 bits per heavy atom. The third kappa shape index (κ3) is 4.99. The molecule has 4 nitrogen and oxygen atoms in total. The van der Waals surface area contributed by atoms with E-state index in [0.717, 1.165) is 50.6 Å². The summed E-state index contributed by atoms with van der Waals surface area (Å²) >= 11 is 0. The Labute approximate surface area is 127 Å². The maximum Gasteiger partial charge on any atom is 0.122 e. The number of hydrogen-bond donors (Lipinski definition) is 1. The molecule has 0 saturated carbocycles. The van der Waals surface area contributed by atoms with Gasteiger partial charge in [-0.3, -0.25) is 9.88 Å². The van der Waals surface area contributed by atoms with Gasteiger partial charge < -0.3 is 9.73 Å². The van der Waals surface area contributed by atoms with Crippen LogP contribution >= 0.6 is 0 Å². The van der Waals surface area contributed by atoms with Crippen LogP contribution < -0.4 is 5.32 Å². The van der Waals surface area contributed by atoms with Crippen LogP contribution in [-0.2, 0) is 19.6 Å². The molecule has 0 amide bonds. The monoisotopic (exact) mass is 287 g/mol. The molecule has 0 aliphatic heterocycles. The number of hydrogen-bond acceptors (Lipinski definition) is 4. The summed E-state index contributed by atoms with van der Waals surface area (Å²) in [6.07, 6.45) is 4.77. The highest BCUT2D eigenvalue weighted by molar-refractivity contribution is 5.17. The summed E-state index contributed by atoms with van der Waals surface area (Å²) in [5.74, 6) is 1.05. The lowest BCUT2D eigenvalue weighted by atomic mass is 10.2. The van der Waals surface area contributed by atoms with Crippen molar-refractivity contribution in [2.45, 2.75) is 39.9 Å². The second-order valence-electron chi connectivity index (χ2n) is 5.17. The van der Waals surface area contributed by atoms with E-state index < -0.39 is 0 Å². The average Bonchev–Trinajstić information content (AvgIpc) is 2.95. The number of nitrogens with one attached hydrogen (secondary N) is 1. The van der Waals surface area contributed by atoms with Gasteiger partial charge >= 0.3 is 0 Å². The first-order chi connectivity index (χ1) is 10.3. The van der Waals surface area contributed by atoms with Crippen LogP contribution in [0.1, 0.15) is 37.3 Å². The van der Waals surface area contributed by atoms with E-state index in [-0.39, 0.29) is 0 Å². The number of furan rings is 1. The zero-order chi connectivity index (χ0) is 14.9. The van der Waals surface area contributed by atoms with E-state index in [0.29, 0.717) is 0 Å². The van der Waals surface area contributed by atoms with E-state index in [2.05, 4.69) is 41.2 Å². The molecule has 2 aromatic rings. The molecule has 114 valence electrons. The Kier molecular flexibility index (Phi) is 6.44. The highest BCUT2D eigenvalue weighted by Gasteiger charge is 2.11. The van der Waals surface area contributed by atoms with Gasteiger partial charge in [0, 0.05) is 24.8 Å². The Bertz CT molecular complexity index is 510. The fourth-order valence-electron chi connectivity index (χ4n) is 2.27. The Morgan fingerprint density at radius 1 is 1.19 bits per heavy atom. The molecule has 0 spiro atoms. The molecule has 2 heterocycles. The van der Waals surface area contributed by atoms with E-state index in [1.165, 1.54) is 5.56 Å². The van der Waals surface area contributed by atoms with E-state index in [1.807, 2.05) is 18.3 Å². The summed E-state index contributed by atoms with van der Waals surface area (Å²) in [4.78, 5) is 6.73. The maximum absolute atomic E-state index is 5.66. The molecule has 0 aromatic carbocycles. The predicted octanol–water partition coefficient (Wildman–Crippen LogP) is 3.20. The van der Waals surface area contributed by atoms with Crippen LogP contribution in [-0.4, -0.2) is 23.0 Å². The second kappa shape index (κ2) is 8.60. The first-order valence-electron chi connectivity index (χ1n) is 7.71. The molecule has 0 unspecified atom stereocenters. The molecule has 0 fully saturated rings. The molecule has 0 bridgehead atoms. The van der Waals surface area contributed by atoms with Crippen molar-refractivity contribution in [3.63, 3.8) is 0 Å². The average molecular weight is 287 g/mol.